The van der Waals surface area contributed by atoms with E-state index in [1.165, 1.54) is 17.0 Å². The van der Waals surface area contributed by atoms with E-state index in [2.05, 4.69) is 10.3 Å². The van der Waals surface area contributed by atoms with Gasteiger partial charge >= 0.3 is 6.09 Å². The van der Waals surface area contributed by atoms with Gasteiger partial charge in [-0.15, -0.1) is 0 Å². The molecule has 1 amide bonds. The maximum atomic E-state index is 14.2. The van der Waals surface area contributed by atoms with E-state index in [1.807, 2.05) is 10.8 Å². The fraction of sp³-hybridized carbons (Fsp3) is 0.214. The molecule has 38 heavy (non-hydrogen) atoms. The molecule has 5 rings (SSSR count). The van der Waals surface area contributed by atoms with Gasteiger partial charge < -0.3 is 19.4 Å². The first-order valence-corrected chi connectivity index (χ1v) is 12.5. The lowest BCUT2D eigenvalue weighted by molar-refractivity contribution is 0.130. The molecule has 1 saturated heterocycles. The normalized spacial score (nSPS) is 17.0. The summed E-state index contributed by atoms with van der Waals surface area (Å²) < 4.78 is 41.8. The average Bonchev–Trinajstić information content (AvgIpc) is 3.53. The third kappa shape index (κ3) is 6.12. The summed E-state index contributed by atoms with van der Waals surface area (Å²) in [4.78, 5) is 18.5. The molecule has 1 aromatic heterocycles. The second kappa shape index (κ2) is 11.6. The SMILES string of the molecule is O=C1O[C@@H](CNCCCn2ccnc2)[C@H](c2cc(F)cc(F)c2)N1c1ccc(Oc2ccc(Cl)cc2)cc1. The molecule has 196 valence electrons. The van der Waals surface area contributed by atoms with E-state index >= 15 is 0 Å². The fourth-order valence-electron chi connectivity index (χ4n) is 4.42. The molecule has 4 aromatic rings. The van der Waals surface area contributed by atoms with Crippen molar-refractivity contribution in [3.63, 3.8) is 0 Å². The molecule has 0 bridgehead atoms. The Labute approximate surface area is 223 Å². The third-order valence-corrected chi connectivity index (χ3v) is 6.40. The Morgan fingerprint density at radius 1 is 1.00 bits per heavy atom. The second-order valence-electron chi connectivity index (χ2n) is 8.85. The van der Waals surface area contributed by atoms with Crippen LogP contribution in [0.1, 0.15) is 18.0 Å². The molecule has 0 radical (unpaired) electrons. The van der Waals surface area contributed by atoms with Gasteiger partial charge in [-0.05, 0) is 79.2 Å². The Morgan fingerprint density at radius 2 is 1.68 bits per heavy atom. The van der Waals surface area contributed by atoms with E-state index in [4.69, 9.17) is 21.1 Å². The lowest BCUT2D eigenvalue weighted by Crippen LogP contribution is -2.35. The molecule has 1 N–H and O–H groups in total. The van der Waals surface area contributed by atoms with Crippen molar-refractivity contribution in [3.8, 4) is 11.5 Å². The van der Waals surface area contributed by atoms with Crippen LogP contribution < -0.4 is 15.0 Å². The van der Waals surface area contributed by atoms with Crippen molar-refractivity contribution >= 4 is 23.4 Å². The highest BCUT2D eigenvalue weighted by atomic mass is 35.5. The van der Waals surface area contributed by atoms with E-state index in [-0.39, 0.29) is 0 Å². The summed E-state index contributed by atoms with van der Waals surface area (Å²) in [6.07, 6.45) is 4.92. The van der Waals surface area contributed by atoms with E-state index in [0.29, 0.717) is 40.9 Å². The number of aromatic nitrogens is 2. The number of carbonyl (C=O) groups excluding carboxylic acids is 1. The summed E-state index contributed by atoms with van der Waals surface area (Å²) in [6, 6.07) is 16.3. The fourth-order valence-corrected chi connectivity index (χ4v) is 4.55. The number of amides is 1. The Morgan fingerprint density at radius 3 is 2.34 bits per heavy atom. The van der Waals surface area contributed by atoms with E-state index in [1.54, 1.807) is 61.1 Å². The molecule has 7 nitrogen and oxygen atoms in total. The molecule has 1 aliphatic heterocycles. The van der Waals surface area contributed by atoms with Crippen molar-refractivity contribution in [2.75, 3.05) is 18.0 Å². The molecule has 0 aliphatic carbocycles. The van der Waals surface area contributed by atoms with Crippen molar-refractivity contribution in [3.05, 3.63) is 108 Å². The number of hydrogen-bond acceptors (Lipinski definition) is 5. The third-order valence-electron chi connectivity index (χ3n) is 6.14. The van der Waals surface area contributed by atoms with Crippen LogP contribution in [0.15, 0.2) is 85.5 Å². The van der Waals surface area contributed by atoms with E-state index < -0.39 is 29.9 Å². The molecule has 2 atom stereocenters. The summed E-state index contributed by atoms with van der Waals surface area (Å²) in [5.41, 5.74) is 0.816. The molecule has 0 spiro atoms. The van der Waals surface area contributed by atoms with Gasteiger partial charge in [-0.2, -0.15) is 0 Å². The summed E-state index contributed by atoms with van der Waals surface area (Å²) >= 11 is 5.93. The van der Waals surface area contributed by atoms with Gasteiger partial charge in [0, 0.05) is 42.3 Å². The quantitative estimate of drug-likeness (QED) is 0.238. The number of nitrogens with one attached hydrogen (secondary N) is 1. The topological polar surface area (TPSA) is 68.6 Å². The highest BCUT2D eigenvalue weighted by Crippen LogP contribution is 2.38. The Balaban J connectivity index is 1.32. The molecule has 0 saturated carbocycles. The van der Waals surface area contributed by atoms with Gasteiger partial charge in [0.2, 0.25) is 0 Å². The van der Waals surface area contributed by atoms with Gasteiger partial charge in [0.25, 0.3) is 0 Å². The minimum absolute atomic E-state index is 0.306. The molecular weight excluding hydrogens is 514 g/mol. The van der Waals surface area contributed by atoms with Crippen LogP contribution in [-0.2, 0) is 11.3 Å². The van der Waals surface area contributed by atoms with Crippen LogP contribution in [-0.4, -0.2) is 34.8 Å². The molecule has 1 fully saturated rings. The number of rotatable bonds is 10. The van der Waals surface area contributed by atoms with Gasteiger partial charge in [-0.25, -0.2) is 18.6 Å². The van der Waals surface area contributed by atoms with Crippen molar-refractivity contribution in [1.29, 1.82) is 0 Å². The number of nitrogens with zero attached hydrogens (tertiary/aromatic N) is 3. The summed E-state index contributed by atoms with van der Waals surface area (Å²) in [5, 5.41) is 3.90. The molecule has 10 heteroatoms. The number of aryl methyl sites for hydroxylation is 1. The van der Waals surface area contributed by atoms with Gasteiger partial charge in [-0.1, -0.05) is 11.6 Å². The predicted molar refractivity (Wildman–Crippen MR) is 140 cm³/mol. The predicted octanol–water partition coefficient (Wildman–Crippen LogP) is 6.35. The molecule has 0 unspecified atom stereocenters. The van der Waals surface area contributed by atoms with E-state index in [0.717, 1.165) is 19.0 Å². The van der Waals surface area contributed by atoms with Crippen LogP contribution in [0.4, 0.5) is 19.3 Å². The molecule has 1 aliphatic rings. The number of cyclic esters (lactones) is 1. The Bertz CT molecular complexity index is 1350. The van der Waals surface area contributed by atoms with Crippen LogP contribution in [0.3, 0.4) is 0 Å². The van der Waals surface area contributed by atoms with Crippen LogP contribution in [0.5, 0.6) is 11.5 Å². The standard InChI is InChI=1S/C28H25ClF2N4O3/c29-20-2-6-24(7-3-20)37-25-8-4-23(5-9-25)35-27(19-14-21(30)16-22(31)15-19)26(38-28(35)36)17-32-10-1-12-34-13-11-33-18-34/h2-9,11,13-16,18,26-27,32H,1,10,12,17H2/t26-,27-/m0/s1. The van der Waals surface area contributed by atoms with Crippen molar-refractivity contribution in [2.24, 2.45) is 0 Å². The van der Waals surface area contributed by atoms with Gasteiger partial charge in [0.1, 0.15) is 35.3 Å². The number of imidazole rings is 1. The van der Waals surface area contributed by atoms with Gasteiger partial charge in [0.15, 0.2) is 0 Å². The lowest BCUT2D eigenvalue weighted by Gasteiger charge is -2.25. The van der Waals surface area contributed by atoms with Crippen LogP contribution in [0, 0.1) is 11.6 Å². The molecule has 3 aromatic carbocycles. The first kappa shape index (κ1) is 25.7. The number of halogens is 3. The summed E-state index contributed by atoms with van der Waals surface area (Å²) in [5.74, 6) is -0.292. The maximum absolute atomic E-state index is 14.2. The van der Waals surface area contributed by atoms with Gasteiger partial charge in [0.05, 0.1) is 6.33 Å². The number of anilines is 1. The van der Waals surface area contributed by atoms with Crippen LogP contribution in [0.2, 0.25) is 5.02 Å². The van der Waals surface area contributed by atoms with Crippen molar-refractivity contribution < 1.29 is 23.0 Å². The Kier molecular flexibility index (Phi) is 7.86. The van der Waals surface area contributed by atoms with Crippen LogP contribution >= 0.6 is 11.6 Å². The average molecular weight is 539 g/mol. The zero-order valence-electron chi connectivity index (χ0n) is 20.3. The van der Waals surface area contributed by atoms with Gasteiger partial charge in [-0.3, -0.25) is 4.90 Å². The number of hydrogen-bond donors (Lipinski definition) is 1. The van der Waals surface area contributed by atoms with Crippen molar-refractivity contribution in [1.82, 2.24) is 14.9 Å². The lowest BCUT2D eigenvalue weighted by atomic mass is 9.99. The highest BCUT2D eigenvalue weighted by Gasteiger charge is 2.43. The Hall–Kier alpha value is -3.95. The molecule has 2 heterocycles. The largest absolute Gasteiger partial charge is 0.457 e. The number of benzene rings is 3. The van der Waals surface area contributed by atoms with Crippen LogP contribution in [0.25, 0.3) is 0 Å². The second-order valence-corrected chi connectivity index (χ2v) is 9.28. The first-order valence-electron chi connectivity index (χ1n) is 12.1. The first-order chi connectivity index (χ1) is 18.5. The minimum atomic E-state index is -0.739. The summed E-state index contributed by atoms with van der Waals surface area (Å²) in [6.45, 7) is 1.76. The smallest absolute Gasteiger partial charge is 0.415 e. The maximum Gasteiger partial charge on any atom is 0.415 e. The van der Waals surface area contributed by atoms with Crippen molar-refractivity contribution in [2.45, 2.75) is 25.1 Å². The zero-order chi connectivity index (χ0) is 26.5. The number of ether oxygens (including phenoxy) is 2. The minimum Gasteiger partial charge on any atom is -0.457 e. The zero-order valence-corrected chi connectivity index (χ0v) is 21.0. The van der Waals surface area contributed by atoms with E-state index in [9.17, 15) is 13.6 Å². The molecular formula is C28H25ClF2N4O3. The summed E-state index contributed by atoms with van der Waals surface area (Å²) in [7, 11) is 0. The number of carbonyl (C=O) groups is 1. The highest BCUT2D eigenvalue weighted by molar-refractivity contribution is 6.30. The monoisotopic (exact) mass is 538 g/mol.